The molecule has 3 rings (SSSR count). The molecule has 0 saturated carbocycles. The van der Waals surface area contributed by atoms with Crippen LogP contribution in [-0.2, 0) is 30.9 Å². The highest BCUT2D eigenvalue weighted by Gasteiger charge is 2.38. The maximum atomic E-state index is 13.3. The van der Waals surface area contributed by atoms with Crippen molar-refractivity contribution in [1.29, 1.82) is 0 Å². The molecule has 2 aromatic carbocycles. The number of carbonyl (C=O) groups excluding carboxylic acids is 1. The first-order valence-corrected chi connectivity index (χ1v) is 13.3. The second-order valence-corrected chi connectivity index (χ2v) is 11.0. The SMILES string of the molecule is Cc1ccc([C@@]2(CCOS(C)(=O)=O)CCCN(C(=O)Cc3cccc(OC(C)C)c3)C2)cc1. The summed E-state index contributed by atoms with van der Waals surface area (Å²) in [5.74, 6) is 0.831. The van der Waals surface area contributed by atoms with Gasteiger partial charge in [-0.15, -0.1) is 0 Å². The van der Waals surface area contributed by atoms with E-state index in [4.69, 9.17) is 8.92 Å². The van der Waals surface area contributed by atoms with Gasteiger partial charge in [0.15, 0.2) is 0 Å². The van der Waals surface area contributed by atoms with E-state index in [0.717, 1.165) is 41.5 Å². The second-order valence-electron chi connectivity index (χ2n) is 9.33. The van der Waals surface area contributed by atoms with Crippen LogP contribution in [0.2, 0.25) is 0 Å². The van der Waals surface area contributed by atoms with Gasteiger partial charge in [0.25, 0.3) is 10.1 Å². The molecule has 33 heavy (non-hydrogen) atoms. The van der Waals surface area contributed by atoms with Crippen LogP contribution < -0.4 is 4.74 Å². The molecule has 0 N–H and O–H groups in total. The number of amides is 1. The Kier molecular flexibility index (Phi) is 8.19. The Hall–Kier alpha value is -2.38. The summed E-state index contributed by atoms with van der Waals surface area (Å²) in [6, 6.07) is 16.0. The highest BCUT2D eigenvalue weighted by molar-refractivity contribution is 7.85. The Labute approximate surface area is 198 Å². The summed E-state index contributed by atoms with van der Waals surface area (Å²) in [4.78, 5) is 15.2. The molecule has 1 amide bonds. The van der Waals surface area contributed by atoms with Crippen LogP contribution in [0.15, 0.2) is 48.5 Å². The molecule has 1 heterocycles. The maximum Gasteiger partial charge on any atom is 0.264 e. The molecule has 0 aromatic heterocycles. The first-order valence-electron chi connectivity index (χ1n) is 11.5. The van der Waals surface area contributed by atoms with Crippen LogP contribution >= 0.6 is 0 Å². The Morgan fingerprint density at radius 2 is 1.88 bits per heavy atom. The van der Waals surface area contributed by atoms with E-state index < -0.39 is 10.1 Å². The van der Waals surface area contributed by atoms with Gasteiger partial charge in [-0.1, -0.05) is 42.0 Å². The summed E-state index contributed by atoms with van der Waals surface area (Å²) in [5, 5.41) is 0. The summed E-state index contributed by atoms with van der Waals surface area (Å²) in [5.41, 5.74) is 2.86. The third kappa shape index (κ3) is 7.30. The third-order valence-electron chi connectivity index (χ3n) is 6.10. The molecule has 1 aliphatic heterocycles. The van der Waals surface area contributed by atoms with Crippen molar-refractivity contribution in [2.45, 2.75) is 58.0 Å². The minimum Gasteiger partial charge on any atom is -0.491 e. The molecule has 0 bridgehead atoms. The number of hydrogen-bond acceptors (Lipinski definition) is 5. The fourth-order valence-electron chi connectivity index (χ4n) is 4.51. The predicted octanol–water partition coefficient (Wildman–Crippen LogP) is 4.25. The number of ether oxygens (including phenoxy) is 1. The van der Waals surface area contributed by atoms with Crippen LogP contribution in [0, 0.1) is 6.92 Å². The lowest BCUT2D eigenvalue weighted by Gasteiger charge is -2.43. The number of benzene rings is 2. The Morgan fingerprint density at radius 1 is 1.15 bits per heavy atom. The quantitative estimate of drug-likeness (QED) is 0.509. The molecule has 0 aliphatic carbocycles. The zero-order valence-electron chi connectivity index (χ0n) is 20.0. The average Bonchev–Trinajstić information content (AvgIpc) is 2.73. The third-order valence-corrected chi connectivity index (χ3v) is 6.69. The fraction of sp³-hybridized carbons (Fsp3) is 0.500. The second kappa shape index (κ2) is 10.7. The molecule has 6 nitrogen and oxygen atoms in total. The van der Waals surface area contributed by atoms with E-state index in [1.54, 1.807) is 0 Å². The zero-order valence-corrected chi connectivity index (χ0v) is 20.9. The zero-order chi connectivity index (χ0) is 24.1. The number of piperidine rings is 1. The topological polar surface area (TPSA) is 72.9 Å². The van der Waals surface area contributed by atoms with Crippen molar-refractivity contribution >= 4 is 16.0 Å². The van der Waals surface area contributed by atoms with Crippen molar-refractivity contribution in [2.75, 3.05) is 26.0 Å². The number of aryl methyl sites for hydroxylation is 1. The smallest absolute Gasteiger partial charge is 0.264 e. The molecule has 0 unspecified atom stereocenters. The van der Waals surface area contributed by atoms with Gasteiger partial charge >= 0.3 is 0 Å². The van der Waals surface area contributed by atoms with Gasteiger partial charge in [-0.25, -0.2) is 0 Å². The highest BCUT2D eigenvalue weighted by Crippen LogP contribution is 2.38. The fourth-order valence-corrected chi connectivity index (χ4v) is 4.90. The first-order chi connectivity index (χ1) is 15.6. The van der Waals surface area contributed by atoms with Gasteiger partial charge in [0.1, 0.15) is 5.75 Å². The van der Waals surface area contributed by atoms with E-state index in [1.165, 1.54) is 0 Å². The Morgan fingerprint density at radius 3 is 2.55 bits per heavy atom. The van der Waals surface area contributed by atoms with E-state index in [1.807, 2.05) is 49.9 Å². The Bertz CT molecular complexity index is 1050. The van der Waals surface area contributed by atoms with Gasteiger partial charge in [-0.3, -0.25) is 8.98 Å². The molecule has 0 spiro atoms. The number of carbonyl (C=O) groups is 1. The normalized spacial score (nSPS) is 19.0. The van der Waals surface area contributed by atoms with Gasteiger partial charge in [-0.05, 0) is 63.3 Å². The molecular weight excluding hydrogens is 438 g/mol. The van der Waals surface area contributed by atoms with Crippen molar-refractivity contribution in [1.82, 2.24) is 4.90 Å². The summed E-state index contributed by atoms with van der Waals surface area (Å²) in [6.45, 7) is 7.33. The van der Waals surface area contributed by atoms with Crippen molar-refractivity contribution < 1.29 is 22.1 Å². The monoisotopic (exact) mass is 473 g/mol. The minimum absolute atomic E-state index is 0.0666. The van der Waals surface area contributed by atoms with E-state index in [0.29, 0.717) is 25.9 Å². The number of rotatable bonds is 9. The van der Waals surface area contributed by atoms with Crippen LogP contribution in [0.25, 0.3) is 0 Å². The van der Waals surface area contributed by atoms with Crippen LogP contribution in [-0.4, -0.2) is 51.3 Å². The molecule has 2 aromatic rings. The van der Waals surface area contributed by atoms with Gasteiger partial charge < -0.3 is 9.64 Å². The largest absolute Gasteiger partial charge is 0.491 e. The van der Waals surface area contributed by atoms with Gasteiger partial charge in [0, 0.05) is 18.5 Å². The van der Waals surface area contributed by atoms with Crippen molar-refractivity contribution in [2.24, 2.45) is 0 Å². The lowest BCUT2D eigenvalue weighted by molar-refractivity contribution is -0.132. The van der Waals surface area contributed by atoms with Crippen molar-refractivity contribution in [3.63, 3.8) is 0 Å². The summed E-state index contributed by atoms with van der Waals surface area (Å²) >= 11 is 0. The lowest BCUT2D eigenvalue weighted by atomic mass is 9.71. The Balaban J connectivity index is 1.78. The van der Waals surface area contributed by atoms with E-state index in [-0.39, 0.29) is 24.0 Å². The van der Waals surface area contributed by atoms with Crippen LogP contribution in [0.1, 0.15) is 49.8 Å². The van der Waals surface area contributed by atoms with Gasteiger partial charge in [0.2, 0.25) is 5.91 Å². The number of likely N-dealkylation sites (tertiary alicyclic amines) is 1. The van der Waals surface area contributed by atoms with E-state index >= 15 is 0 Å². The van der Waals surface area contributed by atoms with Crippen LogP contribution in [0.5, 0.6) is 5.75 Å². The molecule has 7 heteroatoms. The van der Waals surface area contributed by atoms with Crippen LogP contribution in [0.3, 0.4) is 0 Å². The summed E-state index contributed by atoms with van der Waals surface area (Å²) < 4.78 is 33.9. The predicted molar refractivity (Wildman–Crippen MR) is 130 cm³/mol. The maximum absolute atomic E-state index is 13.3. The average molecular weight is 474 g/mol. The number of hydrogen-bond donors (Lipinski definition) is 0. The van der Waals surface area contributed by atoms with Crippen molar-refractivity contribution in [3.8, 4) is 5.75 Å². The summed E-state index contributed by atoms with van der Waals surface area (Å²) in [7, 11) is -3.52. The molecule has 0 radical (unpaired) electrons. The van der Waals surface area contributed by atoms with Crippen molar-refractivity contribution in [3.05, 3.63) is 65.2 Å². The summed E-state index contributed by atoms with van der Waals surface area (Å²) in [6.07, 6.45) is 3.71. The van der Waals surface area contributed by atoms with Gasteiger partial charge in [-0.2, -0.15) is 8.42 Å². The highest BCUT2D eigenvalue weighted by atomic mass is 32.2. The molecular formula is C26H35NO5S. The molecule has 1 atom stereocenters. The lowest BCUT2D eigenvalue weighted by Crippen LogP contribution is -2.49. The van der Waals surface area contributed by atoms with E-state index in [2.05, 4.69) is 24.3 Å². The molecule has 1 aliphatic rings. The standard InChI is InChI=1S/C26H35NO5S/c1-20(2)32-24-8-5-7-22(17-24)18-25(28)27-15-6-13-26(19-27,14-16-31-33(4,29)30)23-11-9-21(3)10-12-23/h5,7-12,17,20H,6,13-16,18-19H2,1-4H3/t26-/m1/s1. The number of nitrogens with zero attached hydrogens (tertiary/aromatic N) is 1. The minimum atomic E-state index is -3.52. The molecule has 1 fully saturated rings. The van der Waals surface area contributed by atoms with E-state index in [9.17, 15) is 13.2 Å². The molecule has 1 saturated heterocycles. The molecule has 180 valence electrons. The van der Waals surface area contributed by atoms with Crippen LogP contribution in [0.4, 0.5) is 0 Å². The first kappa shape index (κ1) is 25.2. The van der Waals surface area contributed by atoms with Gasteiger partial charge in [0.05, 0.1) is 25.4 Å².